The molecule has 0 bridgehead atoms. The molecule has 0 aliphatic carbocycles. The van der Waals surface area contributed by atoms with Gasteiger partial charge < -0.3 is 4.57 Å². The maximum absolute atomic E-state index is 6.16. The van der Waals surface area contributed by atoms with Crippen molar-refractivity contribution in [3.05, 3.63) is 35.6 Å². The Morgan fingerprint density at radius 1 is 1.19 bits per heavy atom. The predicted octanol–water partition coefficient (Wildman–Crippen LogP) is 3.35. The molecule has 4 heteroatoms. The average Bonchev–Trinajstić information content (AvgIpc) is 2.66. The topological polar surface area (TPSA) is 30.7 Å². The molecule has 2 aromatic rings. The van der Waals surface area contributed by atoms with Gasteiger partial charge in [-0.3, -0.25) is 0 Å². The van der Waals surface area contributed by atoms with Crippen LogP contribution in [0, 0.1) is 0 Å². The van der Waals surface area contributed by atoms with Crippen LogP contribution in [0.5, 0.6) is 0 Å². The molecule has 0 N–H and O–H groups in total. The number of nitrogens with zero attached hydrogens (tertiary/aromatic N) is 3. The van der Waals surface area contributed by atoms with Gasteiger partial charge in [0.25, 0.3) is 0 Å². The van der Waals surface area contributed by atoms with E-state index >= 15 is 0 Å². The van der Waals surface area contributed by atoms with Crippen LogP contribution < -0.4 is 0 Å². The van der Waals surface area contributed by atoms with Gasteiger partial charge in [-0.15, -0.1) is 10.2 Å². The van der Waals surface area contributed by atoms with E-state index in [9.17, 15) is 0 Å². The molecular weight excluding hydrogens is 222 g/mol. The van der Waals surface area contributed by atoms with E-state index in [1.54, 1.807) is 6.33 Å². The zero-order chi connectivity index (χ0) is 11.8. The molecule has 1 aromatic heterocycles. The van der Waals surface area contributed by atoms with Gasteiger partial charge in [-0.2, -0.15) is 0 Å². The van der Waals surface area contributed by atoms with Crippen molar-refractivity contribution in [3.8, 4) is 11.4 Å². The summed E-state index contributed by atoms with van der Waals surface area (Å²) in [6.45, 7) is 6.32. The van der Waals surface area contributed by atoms with Gasteiger partial charge in [-0.05, 0) is 32.9 Å². The smallest absolute Gasteiger partial charge is 0.165 e. The zero-order valence-electron chi connectivity index (χ0n) is 9.61. The monoisotopic (exact) mass is 235 g/mol. The molecule has 0 atom stereocenters. The standard InChI is InChI=1S/C12H14ClN3/c1-12(2,3)16-8-14-15-11(16)9-6-4-5-7-10(9)13/h4-8H,1-3H3. The summed E-state index contributed by atoms with van der Waals surface area (Å²) in [6, 6.07) is 7.67. The summed E-state index contributed by atoms with van der Waals surface area (Å²) in [5.41, 5.74) is 0.856. The zero-order valence-corrected chi connectivity index (χ0v) is 10.4. The van der Waals surface area contributed by atoms with E-state index in [4.69, 9.17) is 11.6 Å². The second-order valence-electron chi connectivity index (χ2n) is 4.68. The summed E-state index contributed by atoms with van der Waals surface area (Å²) < 4.78 is 2.02. The number of benzene rings is 1. The maximum Gasteiger partial charge on any atom is 0.165 e. The van der Waals surface area contributed by atoms with E-state index in [0.29, 0.717) is 5.02 Å². The minimum atomic E-state index is -0.0575. The summed E-state index contributed by atoms with van der Waals surface area (Å²) in [6.07, 6.45) is 1.73. The maximum atomic E-state index is 6.16. The highest BCUT2D eigenvalue weighted by atomic mass is 35.5. The van der Waals surface area contributed by atoms with Crippen LogP contribution in [0.3, 0.4) is 0 Å². The fraction of sp³-hybridized carbons (Fsp3) is 0.333. The van der Waals surface area contributed by atoms with Crippen molar-refractivity contribution in [2.75, 3.05) is 0 Å². The number of aromatic nitrogens is 3. The van der Waals surface area contributed by atoms with Crippen molar-refractivity contribution in [2.24, 2.45) is 0 Å². The Morgan fingerprint density at radius 3 is 2.50 bits per heavy atom. The summed E-state index contributed by atoms with van der Waals surface area (Å²) in [5.74, 6) is 0.804. The van der Waals surface area contributed by atoms with Crippen LogP contribution in [0.15, 0.2) is 30.6 Å². The minimum Gasteiger partial charge on any atom is -0.308 e. The normalized spacial score (nSPS) is 11.8. The van der Waals surface area contributed by atoms with Crippen LogP contribution in [0.1, 0.15) is 20.8 Å². The second-order valence-corrected chi connectivity index (χ2v) is 5.08. The van der Waals surface area contributed by atoms with Crippen molar-refractivity contribution in [1.29, 1.82) is 0 Å². The molecule has 0 spiro atoms. The fourth-order valence-electron chi connectivity index (χ4n) is 1.55. The third kappa shape index (κ3) is 1.95. The summed E-state index contributed by atoms with van der Waals surface area (Å²) in [7, 11) is 0. The van der Waals surface area contributed by atoms with E-state index in [1.807, 2.05) is 28.8 Å². The van der Waals surface area contributed by atoms with Crippen LogP contribution in [-0.4, -0.2) is 14.8 Å². The largest absolute Gasteiger partial charge is 0.308 e. The van der Waals surface area contributed by atoms with Gasteiger partial charge in [0.05, 0.1) is 5.02 Å². The first-order chi connectivity index (χ1) is 7.50. The third-order valence-electron chi connectivity index (χ3n) is 2.39. The van der Waals surface area contributed by atoms with Crippen LogP contribution >= 0.6 is 11.6 Å². The number of rotatable bonds is 1. The van der Waals surface area contributed by atoms with E-state index in [-0.39, 0.29) is 5.54 Å². The average molecular weight is 236 g/mol. The first kappa shape index (κ1) is 11.1. The molecule has 0 fully saturated rings. The second kappa shape index (κ2) is 3.91. The van der Waals surface area contributed by atoms with Gasteiger partial charge in [0.15, 0.2) is 5.82 Å². The summed E-state index contributed by atoms with van der Waals surface area (Å²) >= 11 is 6.16. The van der Waals surface area contributed by atoms with Gasteiger partial charge in [0, 0.05) is 11.1 Å². The van der Waals surface area contributed by atoms with E-state index in [0.717, 1.165) is 11.4 Å². The van der Waals surface area contributed by atoms with Gasteiger partial charge >= 0.3 is 0 Å². The van der Waals surface area contributed by atoms with Crippen LogP contribution in [0.4, 0.5) is 0 Å². The van der Waals surface area contributed by atoms with Crippen LogP contribution in [0.2, 0.25) is 5.02 Å². The molecule has 0 aliphatic rings. The lowest BCUT2D eigenvalue weighted by Crippen LogP contribution is -2.21. The van der Waals surface area contributed by atoms with Crippen molar-refractivity contribution >= 4 is 11.6 Å². The Morgan fingerprint density at radius 2 is 1.88 bits per heavy atom. The highest BCUT2D eigenvalue weighted by molar-refractivity contribution is 6.33. The molecule has 16 heavy (non-hydrogen) atoms. The minimum absolute atomic E-state index is 0.0575. The molecular formula is C12H14ClN3. The Bertz CT molecular complexity index is 497. The third-order valence-corrected chi connectivity index (χ3v) is 2.71. The molecule has 1 aromatic carbocycles. The molecule has 3 nitrogen and oxygen atoms in total. The Balaban J connectivity index is 2.58. The van der Waals surface area contributed by atoms with E-state index in [1.165, 1.54) is 0 Å². The lowest BCUT2D eigenvalue weighted by Gasteiger charge is -2.22. The fourth-order valence-corrected chi connectivity index (χ4v) is 1.77. The highest BCUT2D eigenvalue weighted by Gasteiger charge is 2.19. The van der Waals surface area contributed by atoms with Crippen molar-refractivity contribution in [2.45, 2.75) is 26.3 Å². The van der Waals surface area contributed by atoms with Gasteiger partial charge in [-0.1, -0.05) is 23.7 Å². The lowest BCUT2D eigenvalue weighted by atomic mass is 10.1. The Kier molecular flexibility index (Phi) is 2.72. The first-order valence-electron chi connectivity index (χ1n) is 5.15. The molecule has 84 valence electrons. The lowest BCUT2D eigenvalue weighted by molar-refractivity contribution is 0.400. The first-order valence-corrected chi connectivity index (χ1v) is 5.53. The van der Waals surface area contributed by atoms with Gasteiger partial charge in [0.2, 0.25) is 0 Å². The van der Waals surface area contributed by atoms with Crippen molar-refractivity contribution in [1.82, 2.24) is 14.8 Å². The number of halogens is 1. The number of hydrogen-bond acceptors (Lipinski definition) is 2. The quantitative estimate of drug-likeness (QED) is 0.759. The molecule has 1 heterocycles. The summed E-state index contributed by atoms with van der Waals surface area (Å²) in [5, 5.41) is 8.80. The number of hydrogen-bond donors (Lipinski definition) is 0. The molecule has 0 saturated carbocycles. The van der Waals surface area contributed by atoms with Crippen LogP contribution in [0.25, 0.3) is 11.4 Å². The Hall–Kier alpha value is -1.35. The molecule has 2 rings (SSSR count). The SMILES string of the molecule is CC(C)(C)n1cnnc1-c1ccccc1Cl. The molecule has 0 aliphatic heterocycles. The van der Waals surface area contributed by atoms with E-state index in [2.05, 4.69) is 31.0 Å². The molecule has 0 unspecified atom stereocenters. The van der Waals surface area contributed by atoms with Crippen molar-refractivity contribution < 1.29 is 0 Å². The van der Waals surface area contributed by atoms with Gasteiger partial charge in [0.1, 0.15) is 6.33 Å². The van der Waals surface area contributed by atoms with Crippen molar-refractivity contribution in [3.63, 3.8) is 0 Å². The summed E-state index contributed by atoms with van der Waals surface area (Å²) in [4.78, 5) is 0. The van der Waals surface area contributed by atoms with Crippen LogP contribution in [-0.2, 0) is 5.54 Å². The molecule has 0 saturated heterocycles. The highest BCUT2D eigenvalue weighted by Crippen LogP contribution is 2.28. The van der Waals surface area contributed by atoms with E-state index < -0.39 is 0 Å². The predicted molar refractivity (Wildman–Crippen MR) is 65.5 cm³/mol. The molecule has 0 amide bonds. The van der Waals surface area contributed by atoms with Gasteiger partial charge in [-0.25, -0.2) is 0 Å². The Labute approximate surface area is 100 Å². The molecule has 0 radical (unpaired) electrons.